The van der Waals surface area contributed by atoms with Crippen LogP contribution in [0.2, 0.25) is 0 Å². The zero-order valence-corrected chi connectivity index (χ0v) is 15.0. The summed E-state index contributed by atoms with van der Waals surface area (Å²) in [6.07, 6.45) is 0. The number of carbonyl (C=O) groups is 1. The molecule has 126 valence electrons. The summed E-state index contributed by atoms with van der Waals surface area (Å²) in [6, 6.07) is 15.2. The van der Waals surface area contributed by atoms with Gasteiger partial charge in [0.25, 0.3) is 5.91 Å². The Labute approximate surface area is 148 Å². The van der Waals surface area contributed by atoms with E-state index < -0.39 is 0 Å². The number of nitrogens with two attached hydrogens (primary N) is 1. The Hall–Kier alpha value is -2.24. The molecule has 0 aliphatic carbocycles. The summed E-state index contributed by atoms with van der Waals surface area (Å²) in [5, 5.41) is 5.95. The summed E-state index contributed by atoms with van der Waals surface area (Å²) in [7, 11) is 0. The molecule has 0 aromatic heterocycles. The largest absolute Gasteiger partial charge is 0.332 e. The van der Waals surface area contributed by atoms with Gasteiger partial charge in [-0.15, -0.1) is 0 Å². The first-order chi connectivity index (χ1) is 11.3. The van der Waals surface area contributed by atoms with Gasteiger partial charge in [0.2, 0.25) is 0 Å². The van der Waals surface area contributed by atoms with Crippen molar-refractivity contribution in [2.24, 2.45) is 5.73 Å². The van der Waals surface area contributed by atoms with Crippen molar-refractivity contribution in [3.8, 4) is 0 Å². The molecular weight excluding hydrogens is 318 g/mol. The van der Waals surface area contributed by atoms with Crippen molar-refractivity contribution >= 4 is 28.9 Å². The Morgan fingerprint density at radius 3 is 2.38 bits per heavy atom. The fraction of sp³-hybridized carbons (Fsp3) is 0.263. The number of benzene rings is 2. The molecule has 2 rings (SSSR count). The van der Waals surface area contributed by atoms with E-state index >= 15 is 0 Å². The van der Waals surface area contributed by atoms with Gasteiger partial charge in [0.05, 0.1) is 0 Å². The first-order valence-corrected chi connectivity index (χ1v) is 8.22. The van der Waals surface area contributed by atoms with Crippen molar-refractivity contribution in [3.63, 3.8) is 0 Å². The Morgan fingerprint density at radius 2 is 1.79 bits per heavy atom. The predicted octanol–water partition coefficient (Wildman–Crippen LogP) is 3.57. The van der Waals surface area contributed by atoms with Gasteiger partial charge in [0.15, 0.2) is 5.11 Å². The van der Waals surface area contributed by atoms with Crippen LogP contribution in [0, 0.1) is 0 Å². The Morgan fingerprint density at radius 1 is 1.12 bits per heavy atom. The lowest BCUT2D eigenvalue weighted by atomic mass is 9.87. The minimum Gasteiger partial charge on any atom is -0.332 e. The number of anilines is 1. The number of nitrogens with one attached hydrogen (secondary N) is 2. The highest BCUT2D eigenvalue weighted by Gasteiger charge is 2.14. The molecule has 1 amide bonds. The molecule has 2 aromatic carbocycles. The van der Waals surface area contributed by atoms with Crippen LogP contribution in [-0.4, -0.2) is 11.0 Å². The Kier molecular flexibility index (Phi) is 5.70. The lowest BCUT2D eigenvalue weighted by molar-refractivity contribution is 0.0977. The summed E-state index contributed by atoms with van der Waals surface area (Å²) in [6.45, 7) is 6.86. The molecule has 0 saturated heterocycles. The second-order valence-corrected chi connectivity index (χ2v) is 7.05. The first kappa shape index (κ1) is 18.1. The van der Waals surface area contributed by atoms with Gasteiger partial charge in [-0.25, -0.2) is 0 Å². The topological polar surface area (TPSA) is 67.2 Å². The quantitative estimate of drug-likeness (QED) is 0.747. The maximum absolute atomic E-state index is 12.3. The molecule has 0 heterocycles. The van der Waals surface area contributed by atoms with Crippen LogP contribution < -0.4 is 16.4 Å². The van der Waals surface area contributed by atoms with E-state index in [0.29, 0.717) is 12.1 Å². The maximum Gasteiger partial charge on any atom is 0.257 e. The van der Waals surface area contributed by atoms with Crippen LogP contribution in [-0.2, 0) is 12.0 Å². The van der Waals surface area contributed by atoms with Crippen LogP contribution in [0.25, 0.3) is 0 Å². The lowest BCUT2D eigenvalue weighted by Gasteiger charge is -2.19. The van der Waals surface area contributed by atoms with Crippen LogP contribution >= 0.6 is 12.2 Å². The predicted molar refractivity (Wildman–Crippen MR) is 103 cm³/mol. The summed E-state index contributed by atoms with van der Waals surface area (Å²) >= 11 is 5.20. The number of hydrogen-bond donors (Lipinski definition) is 3. The molecule has 2 aromatic rings. The second kappa shape index (κ2) is 7.55. The fourth-order valence-corrected chi connectivity index (χ4v) is 2.45. The van der Waals surface area contributed by atoms with Crippen molar-refractivity contribution in [2.75, 3.05) is 5.32 Å². The average Bonchev–Trinajstić information content (AvgIpc) is 2.54. The van der Waals surface area contributed by atoms with Crippen LogP contribution in [0.4, 0.5) is 5.69 Å². The first-order valence-electron chi connectivity index (χ1n) is 7.81. The van der Waals surface area contributed by atoms with Gasteiger partial charge < -0.3 is 11.1 Å². The third kappa shape index (κ3) is 4.88. The average molecular weight is 341 g/mol. The number of amides is 1. The Bertz CT molecular complexity index is 733. The van der Waals surface area contributed by atoms with Crippen LogP contribution in [0.5, 0.6) is 0 Å². The van der Waals surface area contributed by atoms with Crippen molar-refractivity contribution in [1.29, 1.82) is 0 Å². The summed E-state index contributed by atoms with van der Waals surface area (Å²) < 4.78 is 0. The van der Waals surface area contributed by atoms with Crippen molar-refractivity contribution in [3.05, 3.63) is 65.2 Å². The van der Waals surface area contributed by atoms with Crippen molar-refractivity contribution in [1.82, 2.24) is 5.32 Å². The summed E-state index contributed by atoms with van der Waals surface area (Å²) in [4.78, 5) is 12.3. The highest BCUT2D eigenvalue weighted by molar-refractivity contribution is 7.80. The highest BCUT2D eigenvalue weighted by atomic mass is 32.1. The normalized spacial score (nSPS) is 11.0. The van der Waals surface area contributed by atoms with E-state index in [0.717, 1.165) is 11.3 Å². The summed E-state index contributed by atoms with van der Waals surface area (Å²) in [5.41, 5.74) is 9.22. The molecule has 0 bridgehead atoms. The lowest BCUT2D eigenvalue weighted by Crippen LogP contribution is -2.34. The zero-order valence-electron chi connectivity index (χ0n) is 14.2. The molecule has 4 nitrogen and oxygen atoms in total. The number of carbonyl (C=O) groups excluding carboxylic acids is 1. The monoisotopic (exact) mass is 341 g/mol. The highest BCUT2D eigenvalue weighted by Crippen LogP contribution is 2.22. The van der Waals surface area contributed by atoms with E-state index in [1.54, 1.807) is 0 Å². The van der Waals surface area contributed by atoms with E-state index in [2.05, 4.69) is 31.4 Å². The van der Waals surface area contributed by atoms with Gasteiger partial charge >= 0.3 is 0 Å². The molecule has 4 N–H and O–H groups in total. The van der Waals surface area contributed by atoms with Gasteiger partial charge in [0, 0.05) is 17.8 Å². The van der Waals surface area contributed by atoms with E-state index in [1.807, 2.05) is 48.5 Å². The molecular formula is C19H23N3OS. The Balaban J connectivity index is 1.99. The number of rotatable bonds is 3. The van der Waals surface area contributed by atoms with Crippen molar-refractivity contribution in [2.45, 2.75) is 32.7 Å². The molecule has 0 aliphatic rings. The SMILES string of the molecule is CC(C)(C)c1ccc(C(=O)NC(=S)Nc2cccc(CN)c2)cc1. The molecule has 0 atom stereocenters. The molecule has 0 spiro atoms. The third-order valence-corrected chi connectivity index (χ3v) is 3.86. The molecule has 0 unspecified atom stereocenters. The molecule has 0 aliphatic heterocycles. The number of thiocarbonyl (C=S) groups is 1. The fourth-order valence-electron chi connectivity index (χ4n) is 2.24. The molecule has 24 heavy (non-hydrogen) atoms. The third-order valence-electron chi connectivity index (χ3n) is 3.66. The van der Waals surface area contributed by atoms with Gasteiger partial charge in [0.1, 0.15) is 0 Å². The van der Waals surface area contributed by atoms with E-state index in [-0.39, 0.29) is 16.4 Å². The number of hydrogen-bond acceptors (Lipinski definition) is 3. The molecule has 0 radical (unpaired) electrons. The van der Waals surface area contributed by atoms with Gasteiger partial charge in [-0.3, -0.25) is 10.1 Å². The minimum atomic E-state index is -0.233. The summed E-state index contributed by atoms with van der Waals surface area (Å²) in [5.74, 6) is -0.233. The minimum absolute atomic E-state index is 0.0554. The van der Waals surface area contributed by atoms with Crippen molar-refractivity contribution < 1.29 is 4.79 Å². The second-order valence-electron chi connectivity index (χ2n) is 6.64. The van der Waals surface area contributed by atoms with Crippen LogP contribution in [0.15, 0.2) is 48.5 Å². The van der Waals surface area contributed by atoms with Gasteiger partial charge in [-0.05, 0) is 53.0 Å². The van der Waals surface area contributed by atoms with Crippen LogP contribution in [0.3, 0.4) is 0 Å². The molecule has 0 fully saturated rings. The standard InChI is InChI=1S/C19H23N3OS/c1-19(2,3)15-9-7-14(8-10-15)17(23)22-18(24)21-16-6-4-5-13(11-16)12-20/h4-11H,12,20H2,1-3H3,(H2,21,22,23,24). The smallest absolute Gasteiger partial charge is 0.257 e. The maximum atomic E-state index is 12.3. The van der Waals surface area contributed by atoms with Crippen LogP contribution in [0.1, 0.15) is 42.3 Å². The van der Waals surface area contributed by atoms with E-state index in [1.165, 1.54) is 5.56 Å². The molecule has 5 heteroatoms. The van der Waals surface area contributed by atoms with Gasteiger partial charge in [-0.1, -0.05) is 45.0 Å². The molecule has 0 saturated carbocycles. The van der Waals surface area contributed by atoms with E-state index in [9.17, 15) is 4.79 Å². The van der Waals surface area contributed by atoms with E-state index in [4.69, 9.17) is 18.0 Å². The van der Waals surface area contributed by atoms with Gasteiger partial charge in [-0.2, -0.15) is 0 Å². The zero-order chi connectivity index (χ0) is 17.7.